The van der Waals surface area contributed by atoms with Crippen LogP contribution in [-0.2, 0) is 0 Å². The zero-order chi connectivity index (χ0) is 62.1. The molecular formula is C85H60N8. The number of benzene rings is 7. The zero-order valence-corrected chi connectivity index (χ0v) is 51.4. The fourth-order valence-electron chi connectivity index (χ4n) is 13.7. The summed E-state index contributed by atoms with van der Waals surface area (Å²) in [6.07, 6.45) is 15.3. The van der Waals surface area contributed by atoms with Crippen LogP contribution in [0.4, 0.5) is 0 Å². The summed E-state index contributed by atoms with van der Waals surface area (Å²) in [6.45, 7) is 6.39. The van der Waals surface area contributed by atoms with E-state index in [1.165, 1.54) is 16.7 Å². The third kappa shape index (κ3) is 9.89. The van der Waals surface area contributed by atoms with Crippen LogP contribution in [0.15, 0.2) is 243 Å². The van der Waals surface area contributed by atoms with Crippen LogP contribution in [0.3, 0.4) is 0 Å². The van der Waals surface area contributed by atoms with Gasteiger partial charge < -0.3 is 19.9 Å². The molecular weight excluding hydrogens is 1130 g/mol. The molecule has 440 valence electrons. The van der Waals surface area contributed by atoms with E-state index in [9.17, 15) is 0 Å². The van der Waals surface area contributed by atoms with Crippen LogP contribution in [0.2, 0.25) is 0 Å². The maximum absolute atomic E-state index is 6.06. The standard InChI is InChI=1S/C85H60N8/c1-51-24-30-58(31-25-51)79-66-38-40-68(87-66)80(59-32-26-52(2)27-33-59)70-45-48-74(91-70)84(75-49-46-71(92-75)81(69-41-39-67(79)88-69)60-34-28-53(3)29-35-60)61-50-76-82(56-20-12-6-13-21-56)72-43-42-64(89-72)77(54-16-8-4-9-17-54)62-36-37-63(86-62)78(55-18-10-5-11-19-55)65-44-47-73(90-65)83(85(61)93-76)57-22-14-7-15-23-57/h4-50,87,89-90,92H,1-3H3. The lowest BCUT2D eigenvalue weighted by Crippen LogP contribution is -1.95. The SMILES string of the molecule is Cc1ccc(-c2c3nc(c(-c4ccc(C)cc4)c4ccc([nH]4)c(-c4ccc(C)cc4)c4nc(c(C5=Cc6nc5c(-c5ccccc5)c5ccc([nH]5)c(-c5ccccc5)c5nc(c(-c7ccccc7)c7ccc([nH]7)c6-c6ccccc6)C=C5)c5ccc2[nH]5)C=C4)C=C3)cc1. The minimum absolute atomic E-state index is 0.771. The second-order valence-electron chi connectivity index (χ2n) is 24.3. The molecule has 0 aliphatic carbocycles. The summed E-state index contributed by atoms with van der Waals surface area (Å²) in [5.74, 6) is 0. The van der Waals surface area contributed by atoms with Gasteiger partial charge in [-0.1, -0.05) is 211 Å². The Morgan fingerprint density at radius 2 is 0.430 bits per heavy atom. The van der Waals surface area contributed by atoms with Crippen LogP contribution < -0.4 is 0 Å². The molecule has 13 aromatic rings. The van der Waals surface area contributed by atoms with E-state index in [1.807, 2.05) is 0 Å². The summed E-state index contributed by atoms with van der Waals surface area (Å²) in [4.78, 5) is 39.2. The van der Waals surface area contributed by atoms with Gasteiger partial charge in [0.15, 0.2) is 0 Å². The number of H-pyrrole nitrogens is 4. The zero-order valence-electron chi connectivity index (χ0n) is 51.4. The molecule has 8 nitrogen and oxygen atoms in total. The van der Waals surface area contributed by atoms with Crippen molar-refractivity contribution in [2.24, 2.45) is 0 Å². The summed E-state index contributed by atoms with van der Waals surface area (Å²) in [5, 5.41) is 0. The van der Waals surface area contributed by atoms with Crippen molar-refractivity contribution in [2.75, 3.05) is 0 Å². The van der Waals surface area contributed by atoms with E-state index in [-0.39, 0.29) is 0 Å². The van der Waals surface area contributed by atoms with Gasteiger partial charge in [0.05, 0.1) is 45.6 Å². The summed E-state index contributed by atoms with van der Waals surface area (Å²) >= 11 is 0. The smallest absolute Gasteiger partial charge is 0.0817 e. The summed E-state index contributed by atoms with van der Waals surface area (Å²) in [5.41, 5.74) is 33.1. The predicted molar refractivity (Wildman–Crippen MR) is 388 cm³/mol. The molecule has 0 saturated heterocycles. The number of aromatic nitrogens is 8. The van der Waals surface area contributed by atoms with E-state index in [2.05, 4.69) is 326 Å². The highest BCUT2D eigenvalue weighted by atomic mass is 14.8. The third-order valence-corrected chi connectivity index (χ3v) is 18.2. The molecule has 0 saturated carbocycles. The Labute approximate surface area is 538 Å². The molecule has 4 N–H and O–H groups in total. The Morgan fingerprint density at radius 3 is 0.720 bits per heavy atom. The number of hydrogen-bond acceptors (Lipinski definition) is 4. The first-order chi connectivity index (χ1) is 45.8. The number of fused-ring (bicyclic) bond motifs is 16. The van der Waals surface area contributed by atoms with Crippen molar-refractivity contribution in [2.45, 2.75) is 20.8 Å². The van der Waals surface area contributed by atoms with Crippen molar-refractivity contribution in [1.29, 1.82) is 0 Å². The summed E-state index contributed by atoms with van der Waals surface area (Å²) in [6, 6.07) is 86.3. The van der Waals surface area contributed by atoms with Crippen LogP contribution in [0.5, 0.6) is 0 Å². The third-order valence-electron chi connectivity index (χ3n) is 18.2. The lowest BCUT2D eigenvalue weighted by atomic mass is 9.94. The number of nitrogens with one attached hydrogen (secondary N) is 4. The first-order valence-electron chi connectivity index (χ1n) is 31.6. The molecule has 6 aromatic heterocycles. The van der Waals surface area contributed by atoms with Gasteiger partial charge in [0, 0.05) is 94.2 Å². The number of nitrogens with zero attached hydrogens (tertiary/aromatic N) is 4. The summed E-state index contributed by atoms with van der Waals surface area (Å²) < 4.78 is 0. The van der Waals surface area contributed by atoms with Gasteiger partial charge in [-0.25, -0.2) is 19.9 Å². The molecule has 0 atom stereocenters. The molecule has 0 amide bonds. The van der Waals surface area contributed by atoms with E-state index >= 15 is 0 Å². The lowest BCUT2D eigenvalue weighted by molar-refractivity contribution is 1.28. The van der Waals surface area contributed by atoms with Gasteiger partial charge in [-0.3, -0.25) is 0 Å². The van der Waals surface area contributed by atoms with E-state index in [1.54, 1.807) is 0 Å². The molecule has 8 heteroatoms. The summed E-state index contributed by atoms with van der Waals surface area (Å²) in [7, 11) is 0. The van der Waals surface area contributed by atoms with Crippen molar-refractivity contribution in [1.82, 2.24) is 39.9 Å². The van der Waals surface area contributed by atoms with Gasteiger partial charge in [-0.2, -0.15) is 0 Å². The minimum Gasteiger partial charge on any atom is -0.354 e. The van der Waals surface area contributed by atoms with Crippen LogP contribution in [0.1, 0.15) is 67.8 Å². The Morgan fingerprint density at radius 1 is 0.204 bits per heavy atom. The largest absolute Gasteiger partial charge is 0.354 e. The van der Waals surface area contributed by atoms with Gasteiger partial charge in [0.25, 0.3) is 0 Å². The molecule has 7 aromatic carbocycles. The van der Waals surface area contributed by atoms with Gasteiger partial charge in [0.1, 0.15) is 0 Å². The number of aromatic amines is 4. The van der Waals surface area contributed by atoms with Crippen molar-refractivity contribution < 1.29 is 0 Å². The molecule has 0 spiro atoms. The number of hydrogen-bond donors (Lipinski definition) is 4. The van der Waals surface area contributed by atoms with Crippen molar-refractivity contribution in [3.8, 4) is 77.9 Å². The van der Waals surface area contributed by atoms with Crippen molar-refractivity contribution >= 4 is 92.2 Å². The average Bonchev–Trinajstić information content (AvgIpc) is 1.62. The number of rotatable bonds is 8. The van der Waals surface area contributed by atoms with Crippen LogP contribution >= 0.6 is 0 Å². The van der Waals surface area contributed by atoms with Crippen LogP contribution in [-0.4, -0.2) is 39.9 Å². The fourth-order valence-corrected chi connectivity index (χ4v) is 13.7. The molecule has 17 rings (SSSR count). The van der Waals surface area contributed by atoms with Gasteiger partial charge in [-0.05, 0) is 151 Å². The quantitative estimate of drug-likeness (QED) is 0.121. The highest BCUT2D eigenvalue weighted by molar-refractivity contribution is 6.10. The second-order valence-corrected chi connectivity index (χ2v) is 24.3. The lowest BCUT2D eigenvalue weighted by Gasteiger charge is -2.11. The topological polar surface area (TPSA) is 115 Å². The molecule has 93 heavy (non-hydrogen) atoms. The Balaban J connectivity index is 1.06. The van der Waals surface area contributed by atoms with E-state index in [0.29, 0.717) is 0 Å². The Hall–Kier alpha value is -12.3. The maximum Gasteiger partial charge on any atom is 0.0817 e. The highest BCUT2D eigenvalue weighted by Crippen LogP contribution is 2.46. The molecule has 4 aliphatic heterocycles. The first kappa shape index (κ1) is 54.9. The monoisotopic (exact) mass is 1190 g/mol. The highest BCUT2D eigenvalue weighted by Gasteiger charge is 2.28. The van der Waals surface area contributed by atoms with E-state index < -0.39 is 0 Å². The Kier molecular flexibility index (Phi) is 13.4. The van der Waals surface area contributed by atoms with Crippen molar-refractivity contribution in [3.05, 3.63) is 310 Å². The maximum atomic E-state index is 6.06. The molecule has 10 heterocycles. The van der Waals surface area contributed by atoms with E-state index in [4.69, 9.17) is 19.9 Å². The predicted octanol–water partition coefficient (Wildman–Crippen LogP) is 21.6. The molecule has 0 unspecified atom stereocenters. The molecule has 0 radical (unpaired) electrons. The normalized spacial score (nSPS) is 12.4. The first-order valence-corrected chi connectivity index (χ1v) is 31.6. The van der Waals surface area contributed by atoms with Gasteiger partial charge in [0.2, 0.25) is 0 Å². The second kappa shape index (κ2) is 22.7. The van der Waals surface area contributed by atoms with Crippen LogP contribution in [0.25, 0.3) is 170 Å². The number of aryl methyl sites for hydroxylation is 3. The molecule has 4 aliphatic rings. The van der Waals surface area contributed by atoms with E-state index in [0.717, 1.165) is 179 Å². The fraction of sp³-hybridized carbons (Fsp3) is 0.0353. The van der Waals surface area contributed by atoms with Gasteiger partial charge in [-0.15, -0.1) is 0 Å². The van der Waals surface area contributed by atoms with Crippen LogP contribution in [0, 0.1) is 20.8 Å². The van der Waals surface area contributed by atoms with Crippen molar-refractivity contribution in [3.63, 3.8) is 0 Å². The Bertz CT molecular complexity index is 5600. The minimum atomic E-state index is 0.771. The average molecular weight is 1190 g/mol. The molecule has 16 bridgehead atoms. The molecule has 0 fully saturated rings. The van der Waals surface area contributed by atoms with Gasteiger partial charge >= 0.3 is 0 Å².